The van der Waals surface area contributed by atoms with Crippen molar-refractivity contribution < 1.29 is 17.9 Å². The first kappa shape index (κ1) is 16.7. The molecule has 0 fully saturated rings. The van der Waals surface area contributed by atoms with Gasteiger partial charge in [0.1, 0.15) is 5.75 Å². The Morgan fingerprint density at radius 2 is 2.00 bits per heavy atom. The molecule has 0 radical (unpaired) electrons. The summed E-state index contributed by atoms with van der Waals surface area (Å²) in [5, 5.41) is 4.23. The highest BCUT2D eigenvalue weighted by Gasteiger charge is 2.26. The molecule has 0 aromatic heterocycles. The van der Waals surface area contributed by atoms with Crippen LogP contribution in [0.15, 0.2) is 12.1 Å². The predicted octanol–water partition coefficient (Wildman–Crippen LogP) is 5.14. The number of benzene rings is 1. The number of ether oxygens (including phenoxy) is 1. The fraction of sp³-hybridized carbons (Fsp3) is 0.571. The molecule has 1 aromatic rings. The third kappa shape index (κ3) is 4.94. The summed E-state index contributed by atoms with van der Waals surface area (Å²) < 4.78 is 41.7. The number of hydrogen-bond donors (Lipinski definition) is 1. The molecule has 1 aliphatic heterocycles. The van der Waals surface area contributed by atoms with Crippen LogP contribution in [0.2, 0.25) is 10.0 Å². The Kier molecular flexibility index (Phi) is 5.63. The number of rotatable bonds is 5. The molecule has 1 N–H and O–H groups in total. The van der Waals surface area contributed by atoms with Gasteiger partial charge in [0, 0.05) is 29.5 Å². The topological polar surface area (TPSA) is 21.3 Å². The highest BCUT2D eigenvalue weighted by molar-refractivity contribution is 6.35. The molecule has 0 spiro atoms. The highest BCUT2D eigenvalue weighted by atomic mass is 35.5. The van der Waals surface area contributed by atoms with Gasteiger partial charge in [-0.3, -0.25) is 0 Å². The molecule has 0 amide bonds. The van der Waals surface area contributed by atoms with Gasteiger partial charge < -0.3 is 10.1 Å². The highest BCUT2D eigenvalue weighted by Crippen LogP contribution is 2.39. The van der Waals surface area contributed by atoms with Gasteiger partial charge in [0.2, 0.25) is 0 Å². The van der Waals surface area contributed by atoms with Crippen molar-refractivity contribution in [3.8, 4) is 5.75 Å². The first-order valence-corrected chi connectivity index (χ1v) is 7.54. The lowest BCUT2D eigenvalue weighted by atomic mass is 10.0. The van der Waals surface area contributed by atoms with Crippen LogP contribution in [0.25, 0.3) is 0 Å². The Labute approximate surface area is 131 Å². The summed E-state index contributed by atoms with van der Waals surface area (Å²) in [7, 11) is 0. The van der Waals surface area contributed by atoms with Gasteiger partial charge in [-0.05, 0) is 31.5 Å². The van der Waals surface area contributed by atoms with Crippen LogP contribution in [0, 0.1) is 0 Å². The first-order valence-electron chi connectivity index (χ1n) is 6.79. The number of halogens is 5. The van der Waals surface area contributed by atoms with E-state index in [9.17, 15) is 13.2 Å². The molecule has 0 aliphatic carbocycles. The Balaban J connectivity index is 1.89. The molecule has 0 bridgehead atoms. The number of unbranched alkanes of at least 4 members (excludes halogenated alkanes) is 1. The van der Waals surface area contributed by atoms with Crippen LogP contribution < -0.4 is 10.1 Å². The molecular weight excluding hydrogens is 326 g/mol. The standard InChI is InChI=1S/C14H16Cl2F3NO/c15-9-7-10-12(3-6-21-13(10)11(16)8-9)20-5-2-1-4-14(17,18)19/h7-8,12,20H,1-6H2. The Hall–Kier alpha value is -0.650. The van der Waals surface area contributed by atoms with Gasteiger partial charge in [-0.25, -0.2) is 0 Å². The predicted molar refractivity (Wildman–Crippen MR) is 77.2 cm³/mol. The van der Waals surface area contributed by atoms with Crippen LogP contribution in [-0.4, -0.2) is 19.3 Å². The van der Waals surface area contributed by atoms with Crippen LogP contribution in [0.1, 0.15) is 37.3 Å². The molecule has 0 saturated heterocycles. The molecule has 2 rings (SSSR count). The van der Waals surface area contributed by atoms with E-state index in [0.717, 1.165) is 12.0 Å². The molecule has 1 unspecified atom stereocenters. The Bertz CT molecular complexity index is 494. The second-order valence-corrected chi connectivity index (χ2v) is 5.87. The van der Waals surface area contributed by atoms with Crippen LogP contribution >= 0.6 is 23.2 Å². The fourth-order valence-corrected chi connectivity index (χ4v) is 2.93. The van der Waals surface area contributed by atoms with Gasteiger partial charge in [0.05, 0.1) is 11.6 Å². The number of alkyl halides is 3. The molecule has 1 atom stereocenters. The van der Waals surface area contributed by atoms with Gasteiger partial charge >= 0.3 is 6.18 Å². The van der Waals surface area contributed by atoms with Gasteiger partial charge in [-0.1, -0.05) is 23.2 Å². The van der Waals surface area contributed by atoms with Crippen LogP contribution in [0.4, 0.5) is 13.2 Å². The lowest BCUT2D eigenvalue weighted by molar-refractivity contribution is -0.135. The molecule has 21 heavy (non-hydrogen) atoms. The molecular formula is C14H16Cl2F3NO. The van der Waals surface area contributed by atoms with Gasteiger partial charge in [-0.15, -0.1) is 0 Å². The number of nitrogens with one attached hydrogen (secondary N) is 1. The van der Waals surface area contributed by atoms with Crippen molar-refractivity contribution in [1.82, 2.24) is 5.32 Å². The quantitative estimate of drug-likeness (QED) is 0.748. The van der Waals surface area contributed by atoms with E-state index in [1.165, 1.54) is 0 Å². The van der Waals surface area contributed by atoms with Crippen molar-refractivity contribution in [3.05, 3.63) is 27.7 Å². The Morgan fingerprint density at radius 3 is 2.71 bits per heavy atom. The summed E-state index contributed by atoms with van der Waals surface area (Å²) in [6.45, 7) is 1.04. The largest absolute Gasteiger partial charge is 0.492 e. The summed E-state index contributed by atoms with van der Waals surface area (Å²) in [5.74, 6) is 0.611. The molecule has 1 aliphatic rings. The second kappa shape index (κ2) is 7.07. The molecule has 0 saturated carbocycles. The lowest BCUT2D eigenvalue weighted by Crippen LogP contribution is -2.28. The maximum absolute atomic E-state index is 12.1. The minimum absolute atomic E-state index is 0.0100. The number of hydrogen-bond acceptors (Lipinski definition) is 2. The monoisotopic (exact) mass is 341 g/mol. The van der Waals surface area contributed by atoms with Crippen molar-refractivity contribution in [1.29, 1.82) is 0 Å². The van der Waals surface area contributed by atoms with E-state index in [4.69, 9.17) is 27.9 Å². The van der Waals surface area contributed by atoms with Crippen LogP contribution in [-0.2, 0) is 0 Å². The first-order chi connectivity index (χ1) is 9.87. The minimum Gasteiger partial charge on any atom is -0.492 e. The molecule has 1 aromatic carbocycles. The summed E-state index contributed by atoms with van der Waals surface area (Å²) in [6, 6.07) is 3.42. The van der Waals surface area contributed by atoms with E-state index in [1.807, 2.05) is 0 Å². The molecule has 7 heteroatoms. The minimum atomic E-state index is -4.08. The van der Waals surface area contributed by atoms with Gasteiger partial charge in [0.15, 0.2) is 0 Å². The van der Waals surface area contributed by atoms with Crippen LogP contribution in [0.5, 0.6) is 5.75 Å². The summed E-state index contributed by atoms with van der Waals surface area (Å²) in [5.41, 5.74) is 0.870. The molecule has 2 nitrogen and oxygen atoms in total. The van der Waals surface area contributed by atoms with Crippen molar-refractivity contribution in [3.63, 3.8) is 0 Å². The van der Waals surface area contributed by atoms with Gasteiger partial charge in [-0.2, -0.15) is 13.2 Å². The average Bonchev–Trinajstić information content (AvgIpc) is 2.37. The summed E-state index contributed by atoms with van der Waals surface area (Å²) in [4.78, 5) is 0. The maximum atomic E-state index is 12.1. The van der Waals surface area contributed by atoms with E-state index < -0.39 is 12.6 Å². The summed E-state index contributed by atoms with van der Waals surface area (Å²) in [6.07, 6.45) is -3.48. The van der Waals surface area contributed by atoms with Gasteiger partial charge in [0.25, 0.3) is 0 Å². The average molecular weight is 342 g/mol. The van der Waals surface area contributed by atoms with Crippen molar-refractivity contribution >= 4 is 23.2 Å². The van der Waals surface area contributed by atoms with E-state index in [1.54, 1.807) is 12.1 Å². The molecule has 118 valence electrons. The van der Waals surface area contributed by atoms with Crippen LogP contribution in [0.3, 0.4) is 0 Å². The smallest absolute Gasteiger partial charge is 0.389 e. The van der Waals surface area contributed by atoms with Crippen molar-refractivity contribution in [2.24, 2.45) is 0 Å². The SMILES string of the molecule is FC(F)(F)CCCCNC1CCOc2c(Cl)cc(Cl)cc21. The maximum Gasteiger partial charge on any atom is 0.389 e. The molecule has 1 heterocycles. The normalized spacial score (nSPS) is 18.2. The third-order valence-corrected chi connectivity index (χ3v) is 3.84. The third-order valence-electron chi connectivity index (χ3n) is 3.34. The second-order valence-electron chi connectivity index (χ2n) is 5.02. The van der Waals surface area contributed by atoms with Crippen molar-refractivity contribution in [2.75, 3.05) is 13.2 Å². The fourth-order valence-electron chi connectivity index (χ4n) is 2.36. The van der Waals surface area contributed by atoms with E-state index in [-0.39, 0.29) is 12.5 Å². The van der Waals surface area contributed by atoms with E-state index in [0.29, 0.717) is 35.4 Å². The summed E-state index contributed by atoms with van der Waals surface area (Å²) >= 11 is 12.1. The number of fused-ring (bicyclic) bond motifs is 1. The van der Waals surface area contributed by atoms with Crippen molar-refractivity contribution in [2.45, 2.75) is 37.9 Å². The van der Waals surface area contributed by atoms with E-state index in [2.05, 4.69) is 5.32 Å². The van der Waals surface area contributed by atoms with E-state index >= 15 is 0 Å². The zero-order chi connectivity index (χ0) is 15.5. The zero-order valence-corrected chi connectivity index (χ0v) is 12.8. The Morgan fingerprint density at radius 1 is 1.24 bits per heavy atom. The zero-order valence-electron chi connectivity index (χ0n) is 11.3. The lowest BCUT2D eigenvalue weighted by Gasteiger charge is -2.27.